The Morgan fingerprint density at radius 3 is 2.31 bits per heavy atom. The maximum absolute atomic E-state index is 12.4. The van der Waals surface area contributed by atoms with Gasteiger partial charge in [0.2, 0.25) is 0 Å². The van der Waals surface area contributed by atoms with E-state index in [0.29, 0.717) is 11.3 Å². The van der Waals surface area contributed by atoms with Crippen LogP contribution < -0.4 is 9.73 Å². The van der Waals surface area contributed by atoms with Gasteiger partial charge in [0, 0.05) is 31.4 Å². The number of sulfonamides is 1. The Morgan fingerprint density at radius 2 is 1.77 bits per heavy atom. The Balaban J connectivity index is 2.25. The second-order valence-corrected chi connectivity index (χ2v) is 7.60. The summed E-state index contributed by atoms with van der Waals surface area (Å²) in [6, 6.07) is 11.2. The fraction of sp³-hybridized carbons (Fsp3) is 0.235. The molecule has 2 aromatic carbocycles. The van der Waals surface area contributed by atoms with Gasteiger partial charge in [-0.15, -0.1) is 0 Å². The summed E-state index contributed by atoms with van der Waals surface area (Å²) in [7, 11) is -0.165. The quantitative estimate of drug-likeness (QED) is 0.474. The van der Waals surface area contributed by atoms with Crippen LogP contribution in [0.15, 0.2) is 52.5 Å². The number of anilines is 1. The summed E-state index contributed by atoms with van der Waals surface area (Å²) in [5, 5.41) is 14.9. The van der Waals surface area contributed by atoms with E-state index >= 15 is 0 Å². The van der Waals surface area contributed by atoms with Gasteiger partial charge in [-0.25, -0.2) is 0 Å². The molecule has 0 bridgehead atoms. The summed E-state index contributed by atoms with van der Waals surface area (Å²) in [5.74, 6) is 0. The first-order chi connectivity index (χ1) is 12.1. The first-order valence-electron chi connectivity index (χ1n) is 7.70. The molecule has 0 spiro atoms. The highest BCUT2D eigenvalue weighted by Crippen LogP contribution is 2.22. The number of hydrogen-bond donors (Lipinski definition) is 1. The largest absolute Gasteiger partial charge is 0.378 e. The molecular formula is C17H20N4O4S. The standard InChI is InChI=1S/C17H20N4O4S/c1-12-5-10-16(11-17(12)21(22)23)26(24,25)19-18-13(2)14-6-8-15(9-7-14)20(3)4/h5-11,19H,1-4H3/b18-13-. The SMILES string of the molecule is C/C(=N/NS(=O)(=O)c1ccc(C)c([N+](=O)[O-])c1)c1ccc(N(C)C)cc1. The molecule has 2 aromatic rings. The number of nitro groups is 1. The molecule has 0 aliphatic heterocycles. The van der Waals surface area contributed by atoms with Crippen molar-refractivity contribution in [3.8, 4) is 0 Å². The van der Waals surface area contributed by atoms with Crippen LogP contribution in [-0.2, 0) is 10.0 Å². The maximum Gasteiger partial charge on any atom is 0.276 e. The first-order valence-corrected chi connectivity index (χ1v) is 9.19. The van der Waals surface area contributed by atoms with E-state index < -0.39 is 14.9 Å². The van der Waals surface area contributed by atoms with Crippen molar-refractivity contribution >= 4 is 27.1 Å². The lowest BCUT2D eigenvalue weighted by Gasteiger charge is -2.12. The Morgan fingerprint density at radius 1 is 1.15 bits per heavy atom. The predicted octanol–water partition coefficient (Wildman–Crippen LogP) is 2.67. The van der Waals surface area contributed by atoms with Crippen molar-refractivity contribution in [2.75, 3.05) is 19.0 Å². The van der Waals surface area contributed by atoms with Gasteiger partial charge in [0.25, 0.3) is 15.7 Å². The van der Waals surface area contributed by atoms with E-state index in [0.717, 1.165) is 17.3 Å². The Hall–Kier alpha value is -2.94. The zero-order valence-electron chi connectivity index (χ0n) is 14.9. The second-order valence-electron chi connectivity index (χ2n) is 5.94. The molecular weight excluding hydrogens is 356 g/mol. The third-order valence-electron chi connectivity index (χ3n) is 3.82. The number of benzene rings is 2. The Kier molecular flexibility index (Phi) is 5.61. The maximum atomic E-state index is 12.4. The van der Waals surface area contributed by atoms with Gasteiger partial charge in [-0.2, -0.15) is 18.4 Å². The summed E-state index contributed by atoms with van der Waals surface area (Å²) in [4.78, 5) is 14.2. The summed E-state index contributed by atoms with van der Waals surface area (Å²) in [5.41, 5.74) is 2.37. The van der Waals surface area contributed by atoms with Crippen LogP contribution in [0.3, 0.4) is 0 Å². The highest BCUT2D eigenvalue weighted by Gasteiger charge is 2.19. The normalized spacial score (nSPS) is 11.9. The van der Waals surface area contributed by atoms with Crippen LogP contribution in [0.4, 0.5) is 11.4 Å². The third-order valence-corrected chi connectivity index (χ3v) is 5.03. The van der Waals surface area contributed by atoms with Crippen LogP contribution in [0.2, 0.25) is 0 Å². The van der Waals surface area contributed by atoms with Crippen molar-refractivity contribution in [1.82, 2.24) is 4.83 Å². The van der Waals surface area contributed by atoms with E-state index in [1.807, 2.05) is 43.3 Å². The van der Waals surface area contributed by atoms with Crippen LogP contribution in [0.1, 0.15) is 18.1 Å². The summed E-state index contributed by atoms with van der Waals surface area (Å²) >= 11 is 0. The zero-order chi connectivity index (χ0) is 19.5. The monoisotopic (exact) mass is 376 g/mol. The summed E-state index contributed by atoms with van der Waals surface area (Å²) in [6.07, 6.45) is 0. The van der Waals surface area contributed by atoms with Gasteiger partial charge in [0.1, 0.15) is 0 Å². The minimum Gasteiger partial charge on any atom is -0.378 e. The topological polar surface area (TPSA) is 105 Å². The minimum absolute atomic E-state index is 0.214. The van der Waals surface area contributed by atoms with Gasteiger partial charge in [0.05, 0.1) is 15.5 Å². The minimum atomic E-state index is -4.01. The number of nitrogens with zero attached hydrogens (tertiary/aromatic N) is 3. The lowest BCUT2D eigenvalue weighted by molar-refractivity contribution is -0.385. The zero-order valence-corrected chi connectivity index (χ0v) is 15.7. The molecule has 138 valence electrons. The van der Waals surface area contributed by atoms with Gasteiger partial charge < -0.3 is 4.90 Å². The molecule has 0 heterocycles. The number of rotatable bonds is 6. The van der Waals surface area contributed by atoms with Crippen molar-refractivity contribution in [2.24, 2.45) is 5.10 Å². The number of nitro benzene ring substituents is 1. The molecule has 0 unspecified atom stereocenters. The van der Waals surface area contributed by atoms with Crippen LogP contribution in [0.25, 0.3) is 0 Å². The molecule has 0 radical (unpaired) electrons. The van der Waals surface area contributed by atoms with Crippen LogP contribution in [0, 0.1) is 17.0 Å². The van der Waals surface area contributed by atoms with E-state index in [1.54, 1.807) is 13.8 Å². The molecule has 2 rings (SSSR count). The average molecular weight is 376 g/mol. The van der Waals surface area contributed by atoms with Crippen molar-refractivity contribution in [2.45, 2.75) is 18.7 Å². The van der Waals surface area contributed by atoms with Crippen molar-refractivity contribution < 1.29 is 13.3 Å². The van der Waals surface area contributed by atoms with Crippen molar-refractivity contribution in [3.63, 3.8) is 0 Å². The molecule has 0 aliphatic carbocycles. The van der Waals surface area contributed by atoms with Crippen molar-refractivity contribution in [1.29, 1.82) is 0 Å². The van der Waals surface area contributed by atoms with Gasteiger partial charge in [0.15, 0.2) is 0 Å². The lowest BCUT2D eigenvalue weighted by atomic mass is 10.1. The van der Waals surface area contributed by atoms with E-state index in [-0.39, 0.29) is 10.6 Å². The molecule has 0 aliphatic rings. The number of nitrogens with one attached hydrogen (secondary N) is 1. The van der Waals surface area contributed by atoms with Crippen molar-refractivity contribution in [3.05, 3.63) is 63.7 Å². The van der Waals surface area contributed by atoms with Gasteiger partial charge in [-0.1, -0.05) is 18.2 Å². The van der Waals surface area contributed by atoms with E-state index in [4.69, 9.17) is 0 Å². The molecule has 0 atom stereocenters. The smallest absolute Gasteiger partial charge is 0.276 e. The van der Waals surface area contributed by atoms with Gasteiger partial charge in [-0.05, 0) is 37.6 Å². The molecule has 0 fully saturated rings. The first kappa shape index (κ1) is 19.4. The molecule has 26 heavy (non-hydrogen) atoms. The number of hydrogen-bond acceptors (Lipinski definition) is 6. The summed E-state index contributed by atoms with van der Waals surface area (Å²) in [6.45, 7) is 3.21. The third kappa shape index (κ3) is 4.37. The summed E-state index contributed by atoms with van der Waals surface area (Å²) < 4.78 is 24.7. The molecule has 0 saturated heterocycles. The fourth-order valence-corrected chi connectivity index (χ4v) is 3.08. The van der Waals surface area contributed by atoms with E-state index in [9.17, 15) is 18.5 Å². The molecule has 0 amide bonds. The number of hydrazone groups is 1. The molecule has 0 saturated carbocycles. The highest BCUT2D eigenvalue weighted by molar-refractivity contribution is 7.89. The highest BCUT2D eigenvalue weighted by atomic mass is 32.2. The fourth-order valence-electron chi connectivity index (χ4n) is 2.20. The average Bonchev–Trinajstić information content (AvgIpc) is 2.59. The van der Waals surface area contributed by atoms with E-state index in [1.165, 1.54) is 12.1 Å². The molecule has 9 heteroatoms. The van der Waals surface area contributed by atoms with Crippen LogP contribution in [0.5, 0.6) is 0 Å². The Bertz CT molecular complexity index is 951. The van der Waals surface area contributed by atoms with Crippen LogP contribution in [-0.4, -0.2) is 33.1 Å². The predicted molar refractivity (Wildman–Crippen MR) is 101 cm³/mol. The number of aryl methyl sites for hydroxylation is 1. The lowest BCUT2D eigenvalue weighted by Crippen LogP contribution is -2.20. The van der Waals surface area contributed by atoms with Crippen LogP contribution >= 0.6 is 0 Å². The molecule has 1 N–H and O–H groups in total. The van der Waals surface area contributed by atoms with E-state index in [2.05, 4.69) is 9.93 Å². The van der Waals surface area contributed by atoms with Gasteiger partial charge in [-0.3, -0.25) is 10.1 Å². The molecule has 0 aromatic heterocycles. The van der Waals surface area contributed by atoms with Gasteiger partial charge >= 0.3 is 0 Å². The molecule has 8 nitrogen and oxygen atoms in total. The Labute approximate surface area is 152 Å². The second kappa shape index (κ2) is 7.52.